The standard InChI is InChI=1S/C15H19N3/c1-11-7-8-15(16,12-9-17-18(2)10-12)14-6-4-3-5-13(11)14/h3-6,9-11H,7-8,16H2,1-2H3. The quantitative estimate of drug-likeness (QED) is 0.833. The highest BCUT2D eigenvalue weighted by Gasteiger charge is 2.37. The molecule has 2 N–H and O–H groups in total. The topological polar surface area (TPSA) is 43.8 Å². The Labute approximate surface area is 108 Å². The van der Waals surface area contributed by atoms with Crippen LogP contribution in [0.25, 0.3) is 0 Å². The maximum Gasteiger partial charge on any atom is 0.0699 e. The first kappa shape index (κ1) is 11.5. The van der Waals surface area contributed by atoms with Crippen LogP contribution >= 0.6 is 0 Å². The van der Waals surface area contributed by atoms with Gasteiger partial charge >= 0.3 is 0 Å². The molecule has 0 bridgehead atoms. The van der Waals surface area contributed by atoms with Crippen LogP contribution in [0.3, 0.4) is 0 Å². The molecule has 2 unspecified atom stereocenters. The first-order chi connectivity index (χ1) is 8.61. The minimum Gasteiger partial charge on any atom is -0.318 e. The molecule has 1 aliphatic carbocycles. The molecule has 2 aromatic rings. The van der Waals surface area contributed by atoms with Crippen molar-refractivity contribution < 1.29 is 0 Å². The van der Waals surface area contributed by atoms with Crippen LogP contribution in [0.15, 0.2) is 36.7 Å². The summed E-state index contributed by atoms with van der Waals surface area (Å²) in [5.74, 6) is 0.592. The van der Waals surface area contributed by atoms with Gasteiger partial charge in [-0.1, -0.05) is 31.2 Å². The van der Waals surface area contributed by atoms with Gasteiger partial charge in [0.15, 0.2) is 0 Å². The van der Waals surface area contributed by atoms with Crippen molar-refractivity contribution in [3.63, 3.8) is 0 Å². The predicted molar refractivity (Wildman–Crippen MR) is 72.3 cm³/mol. The number of hydrogen-bond acceptors (Lipinski definition) is 2. The molecule has 1 aliphatic rings. The lowest BCUT2D eigenvalue weighted by Crippen LogP contribution is -2.41. The van der Waals surface area contributed by atoms with Crippen LogP contribution in [0, 0.1) is 0 Å². The molecule has 18 heavy (non-hydrogen) atoms. The van der Waals surface area contributed by atoms with Gasteiger partial charge in [0, 0.05) is 18.8 Å². The van der Waals surface area contributed by atoms with Gasteiger partial charge in [0.1, 0.15) is 0 Å². The van der Waals surface area contributed by atoms with Gasteiger partial charge in [0.25, 0.3) is 0 Å². The lowest BCUT2D eigenvalue weighted by molar-refractivity contribution is 0.412. The van der Waals surface area contributed by atoms with Crippen molar-refractivity contribution in [2.75, 3.05) is 0 Å². The smallest absolute Gasteiger partial charge is 0.0699 e. The average Bonchev–Trinajstić information content (AvgIpc) is 2.82. The number of nitrogens with two attached hydrogens (primary N) is 1. The van der Waals surface area contributed by atoms with Crippen molar-refractivity contribution >= 4 is 0 Å². The Balaban J connectivity index is 2.17. The second-order valence-electron chi connectivity index (χ2n) is 5.40. The number of rotatable bonds is 1. The van der Waals surface area contributed by atoms with E-state index >= 15 is 0 Å². The van der Waals surface area contributed by atoms with E-state index in [4.69, 9.17) is 5.73 Å². The molecule has 1 aromatic carbocycles. The Bertz CT molecular complexity index is 573. The Morgan fingerprint density at radius 3 is 2.89 bits per heavy atom. The Hall–Kier alpha value is -1.61. The summed E-state index contributed by atoms with van der Waals surface area (Å²) in [4.78, 5) is 0. The van der Waals surface area contributed by atoms with E-state index in [1.54, 1.807) is 0 Å². The van der Waals surface area contributed by atoms with Crippen LogP contribution in [0.4, 0.5) is 0 Å². The fourth-order valence-electron chi connectivity index (χ4n) is 3.02. The summed E-state index contributed by atoms with van der Waals surface area (Å²) >= 11 is 0. The zero-order valence-corrected chi connectivity index (χ0v) is 10.9. The largest absolute Gasteiger partial charge is 0.318 e. The fourth-order valence-corrected chi connectivity index (χ4v) is 3.02. The first-order valence-electron chi connectivity index (χ1n) is 6.48. The van der Waals surface area contributed by atoms with Crippen LogP contribution in [0.5, 0.6) is 0 Å². The second kappa shape index (κ2) is 3.95. The van der Waals surface area contributed by atoms with Gasteiger partial charge < -0.3 is 5.73 Å². The summed E-state index contributed by atoms with van der Waals surface area (Å²) in [5, 5.41) is 4.27. The number of aryl methyl sites for hydroxylation is 1. The van der Waals surface area contributed by atoms with E-state index in [0.717, 1.165) is 18.4 Å². The highest BCUT2D eigenvalue weighted by Crippen LogP contribution is 2.43. The summed E-state index contributed by atoms with van der Waals surface area (Å²) in [7, 11) is 1.93. The van der Waals surface area contributed by atoms with E-state index in [1.165, 1.54) is 11.1 Å². The normalized spacial score (nSPS) is 26.9. The van der Waals surface area contributed by atoms with Gasteiger partial charge in [-0.25, -0.2) is 0 Å². The molecule has 94 valence electrons. The van der Waals surface area contributed by atoms with Crippen molar-refractivity contribution in [3.8, 4) is 0 Å². The molecular weight excluding hydrogens is 222 g/mol. The van der Waals surface area contributed by atoms with E-state index in [0.29, 0.717) is 5.92 Å². The van der Waals surface area contributed by atoms with Crippen LogP contribution in [-0.2, 0) is 12.6 Å². The molecule has 0 amide bonds. The molecule has 2 atom stereocenters. The van der Waals surface area contributed by atoms with Crippen molar-refractivity contribution in [1.82, 2.24) is 9.78 Å². The maximum atomic E-state index is 6.71. The number of benzene rings is 1. The van der Waals surface area contributed by atoms with Crippen molar-refractivity contribution in [2.24, 2.45) is 12.8 Å². The average molecular weight is 241 g/mol. The first-order valence-corrected chi connectivity index (χ1v) is 6.48. The van der Waals surface area contributed by atoms with E-state index < -0.39 is 0 Å². The van der Waals surface area contributed by atoms with E-state index in [-0.39, 0.29) is 5.54 Å². The molecular formula is C15H19N3. The highest BCUT2D eigenvalue weighted by molar-refractivity contribution is 5.44. The van der Waals surface area contributed by atoms with Crippen molar-refractivity contribution in [2.45, 2.75) is 31.2 Å². The minimum absolute atomic E-state index is 0.378. The molecule has 0 spiro atoms. The zero-order chi connectivity index (χ0) is 12.8. The van der Waals surface area contributed by atoms with Crippen LogP contribution in [-0.4, -0.2) is 9.78 Å². The number of nitrogens with zero attached hydrogens (tertiary/aromatic N) is 2. The summed E-state index contributed by atoms with van der Waals surface area (Å²) in [5.41, 5.74) is 10.1. The van der Waals surface area contributed by atoms with Gasteiger partial charge in [0.05, 0.1) is 11.7 Å². The van der Waals surface area contributed by atoms with Crippen LogP contribution in [0.2, 0.25) is 0 Å². The molecule has 3 nitrogen and oxygen atoms in total. The molecule has 0 saturated carbocycles. The summed E-state index contributed by atoms with van der Waals surface area (Å²) < 4.78 is 1.82. The summed E-state index contributed by atoms with van der Waals surface area (Å²) in [6, 6.07) is 8.55. The number of aromatic nitrogens is 2. The third kappa shape index (κ3) is 1.58. The SMILES string of the molecule is CC1CCC(N)(c2cnn(C)c2)c2ccccc21. The van der Waals surface area contributed by atoms with Gasteiger partial charge in [-0.3, -0.25) is 4.68 Å². The molecule has 0 radical (unpaired) electrons. The lowest BCUT2D eigenvalue weighted by Gasteiger charge is -2.38. The third-order valence-electron chi connectivity index (χ3n) is 4.16. The van der Waals surface area contributed by atoms with Gasteiger partial charge in [0.2, 0.25) is 0 Å². The molecule has 0 fully saturated rings. The van der Waals surface area contributed by atoms with Crippen molar-refractivity contribution in [3.05, 3.63) is 53.3 Å². The molecule has 0 saturated heterocycles. The summed E-state index contributed by atoms with van der Waals surface area (Å²) in [6.07, 6.45) is 6.04. The lowest BCUT2D eigenvalue weighted by atomic mass is 9.70. The maximum absolute atomic E-state index is 6.71. The molecule has 0 aliphatic heterocycles. The van der Waals surface area contributed by atoms with E-state index in [2.05, 4.69) is 36.3 Å². The van der Waals surface area contributed by atoms with Gasteiger partial charge in [-0.15, -0.1) is 0 Å². The monoisotopic (exact) mass is 241 g/mol. The summed E-state index contributed by atoms with van der Waals surface area (Å²) in [6.45, 7) is 2.28. The predicted octanol–water partition coefficient (Wildman–Crippen LogP) is 2.52. The molecule has 3 rings (SSSR count). The third-order valence-corrected chi connectivity index (χ3v) is 4.16. The van der Waals surface area contributed by atoms with Crippen LogP contribution < -0.4 is 5.73 Å². The number of fused-ring (bicyclic) bond motifs is 1. The highest BCUT2D eigenvalue weighted by atomic mass is 15.2. The van der Waals surface area contributed by atoms with E-state index in [9.17, 15) is 0 Å². The number of hydrogen-bond donors (Lipinski definition) is 1. The van der Waals surface area contributed by atoms with E-state index in [1.807, 2.05) is 24.1 Å². The van der Waals surface area contributed by atoms with Crippen LogP contribution in [0.1, 0.15) is 42.4 Å². The van der Waals surface area contributed by atoms with Gasteiger partial charge in [-0.2, -0.15) is 5.10 Å². The Kier molecular flexibility index (Phi) is 2.52. The zero-order valence-electron chi connectivity index (χ0n) is 10.9. The van der Waals surface area contributed by atoms with Crippen molar-refractivity contribution in [1.29, 1.82) is 0 Å². The van der Waals surface area contributed by atoms with Gasteiger partial charge in [-0.05, 0) is 29.9 Å². The molecule has 1 aromatic heterocycles. The minimum atomic E-state index is -0.378. The Morgan fingerprint density at radius 1 is 1.39 bits per heavy atom. The fraction of sp³-hybridized carbons (Fsp3) is 0.400. The second-order valence-corrected chi connectivity index (χ2v) is 5.40. The molecule has 1 heterocycles. The Morgan fingerprint density at radius 2 is 2.17 bits per heavy atom. The molecule has 3 heteroatoms.